The van der Waals surface area contributed by atoms with Crippen molar-refractivity contribution in [3.63, 3.8) is 0 Å². The SMILES string of the molecule is CC(C)C(C)NC(=O)COC(=O)c1ccc2c(c1)C(=O)N(Cc1ccccc1)C2=O. The van der Waals surface area contributed by atoms with E-state index in [1.165, 1.54) is 18.2 Å². The van der Waals surface area contributed by atoms with Gasteiger partial charge in [-0.1, -0.05) is 44.2 Å². The fourth-order valence-corrected chi connectivity index (χ4v) is 3.00. The third-order valence-corrected chi connectivity index (χ3v) is 5.11. The van der Waals surface area contributed by atoms with Crippen LogP contribution in [0.5, 0.6) is 0 Å². The summed E-state index contributed by atoms with van der Waals surface area (Å²) in [6, 6.07) is 13.3. The zero-order valence-corrected chi connectivity index (χ0v) is 17.2. The third kappa shape index (κ3) is 4.56. The second kappa shape index (κ2) is 8.90. The highest BCUT2D eigenvalue weighted by atomic mass is 16.5. The lowest BCUT2D eigenvalue weighted by molar-refractivity contribution is -0.125. The van der Waals surface area contributed by atoms with Crippen molar-refractivity contribution in [2.24, 2.45) is 5.92 Å². The second-order valence-electron chi connectivity index (χ2n) is 7.62. The Bertz CT molecular complexity index is 984. The van der Waals surface area contributed by atoms with Crippen LogP contribution in [-0.4, -0.2) is 41.2 Å². The summed E-state index contributed by atoms with van der Waals surface area (Å²) in [4.78, 5) is 50.7. The Morgan fingerprint density at radius 2 is 1.63 bits per heavy atom. The number of carbonyl (C=O) groups excluding carboxylic acids is 4. The molecule has 0 fully saturated rings. The molecule has 0 spiro atoms. The fourth-order valence-electron chi connectivity index (χ4n) is 3.00. The van der Waals surface area contributed by atoms with Crippen LogP contribution in [0.4, 0.5) is 0 Å². The third-order valence-electron chi connectivity index (χ3n) is 5.11. The van der Waals surface area contributed by atoms with Gasteiger partial charge >= 0.3 is 5.97 Å². The normalized spacial score (nSPS) is 13.9. The first-order valence-electron chi connectivity index (χ1n) is 9.78. The molecule has 1 aliphatic rings. The van der Waals surface area contributed by atoms with Crippen LogP contribution >= 0.6 is 0 Å². The summed E-state index contributed by atoms with van der Waals surface area (Å²) in [6.45, 7) is 5.55. The van der Waals surface area contributed by atoms with E-state index >= 15 is 0 Å². The van der Waals surface area contributed by atoms with Gasteiger partial charge in [-0.2, -0.15) is 0 Å². The molecule has 7 heteroatoms. The Labute approximate surface area is 175 Å². The van der Waals surface area contributed by atoms with Gasteiger partial charge in [0.2, 0.25) is 0 Å². The maximum absolute atomic E-state index is 12.7. The Kier molecular flexibility index (Phi) is 6.30. The minimum atomic E-state index is -0.730. The fraction of sp³-hybridized carbons (Fsp3) is 0.304. The Morgan fingerprint density at radius 1 is 0.967 bits per heavy atom. The van der Waals surface area contributed by atoms with Gasteiger partial charge in [0.05, 0.1) is 23.2 Å². The van der Waals surface area contributed by atoms with E-state index in [1.54, 1.807) is 0 Å². The average molecular weight is 408 g/mol. The number of nitrogens with zero attached hydrogens (tertiary/aromatic N) is 1. The van der Waals surface area contributed by atoms with Gasteiger partial charge in [-0.15, -0.1) is 0 Å². The van der Waals surface area contributed by atoms with Gasteiger partial charge in [-0.05, 0) is 36.6 Å². The zero-order valence-electron chi connectivity index (χ0n) is 17.2. The van der Waals surface area contributed by atoms with Gasteiger partial charge in [0.1, 0.15) is 0 Å². The maximum atomic E-state index is 12.7. The zero-order chi connectivity index (χ0) is 21.8. The number of imide groups is 1. The molecule has 2 aromatic rings. The summed E-state index contributed by atoms with van der Waals surface area (Å²) in [5.74, 6) is -1.74. The smallest absolute Gasteiger partial charge is 0.338 e. The first kappa shape index (κ1) is 21.2. The van der Waals surface area contributed by atoms with Crippen molar-refractivity contribution in [3.05, 3.63) is 70.8 Å². The molecule has 1 unspecified atom stereocenters. The van der Waals surface area contributed by atoms with Gasteiger partial charge in [-0.25, -0.2) is 4.79 Å². The number of fused-ring (bicyclic) bond motifs is 1. The maximum Gasteiger partial charge on any atom is 0.338 e. The minimum Gasteiger partial charge on any atom is -0.452 e. The van der Waals surface area contributed by atoms with E-state index in [9.17, 15) is 19.2 Å². The van der Waals surface area contributed by atoms with Crippen LogP contribution in [-0.2, 0) is 16.1 Å². The Morgan fingerprint density at radius 3 is 2.30 bits per heavy atom. The molecule has 0 saturated carbocycles. The van der Waals surface area contributed by atoms with Crippen molar-refractivity contribution >= 4 is 23.7 Å². The average Bonchev–Trinajstić information content (AvgIpc) is 2.97. The molecular formula is C23H24N2O5. The van der Waals surface area contributed by atoms with Crippen LogP contribution in [0.25, 0.3) is 0 Å². The molecule has 1 aliphatic heterocycles. The number of ether oxygens (including phenoxy) is 1. The van der Waals surface area contributed by atoms with Crippen LogP contribution in [0.15, 0.2) is 48.5 Å². The van der Waals surface area contributed by atoms with Crippen molar-refractivity contribution in [1.29, 1.82) is 0 Å². The first-order chi connectivity index (χ1) is 14.3. The predicted molar refractivity (Wildman–Crippen MR) is 110 cm³/mol. The Hall–Kier alpha value is -3.48. The van der Waals surface area contributed by atoms with E-state index in [0.717, 1.165) is 10.5 Å². The van der Waals surface area contributed by atoms with Crippen LogP contribution < -0.4 is 5.32 Å². The van der Waals surface area contributed by atoms with E-state index in [0.29, 0.717) is 0 Å². The standard InChI is InChI=1S/C23H24N2O5/c1-14(2)15(3)24-20(26)13-30-23(29)17-9-10-18-19(11-17)22(28)25(21(18)27)12-16-7-5-4-6-8-16/h4-11,14-15H,12-13H2,1-3H3,(H,24,26). The van der Waals surface area contributed by atoms with E-state index in [1.807, 2.05) is 51.1 Å². The molecule has 30 heavy (non-hydrogen) atoms. The van der Waals surface area contributed by atoms with E-state index in [2.05, 4.69) is 5.32 Å². The van der Waals surface area contributed by atoms with Crippen molar-refractivity contribution < 1.29 is 23.9 Å². The molecule has 3 amide bonds. The van der Waals surface area contributed by atoms with E-state index in [-0.39, 0.29) is 35.2 Å². The van der Waals surface area contributed by atoms with Gasteiger partial charge in [-0.3, -0.25) is 19.3 Å². The number of carbonyl (C=O) groups is 4. The van der Waals surface area contributed by atoms with Gasteiger partial charge in [0.15, 0.2) is 6.61 Å². The quantitative estimate of drug-likeness (QED) is 0.562. The lowest BCUT2D eigenvalue weighted by Gasteiger charge is -2.17. The number of amides is 3. The van der Waals surface area contributed by atoms with Crippen LogP contribution in [0.3, 0.4) is 0 Å². The highest BCUT2D eigenvalue weighted by Crippen LogP contribution is 2.26. The predicted octanol–water partition coefficient (Wildman–Crippen LogP) is 2.80. The molecule has 0 radical (unpaired) electrons. The Balaban J connectivity index is 1.67. The summed E-state index contributed by atoms with van der Waals surface area (Å²) in [7, 11) is 0. The number of nitrogens with one attached hydrogen (secondary N) is 1. The van der Waals surface area contributed by atoms with Gasteiger partial charge < -0.3 is 10.1 Å². The summed E-state index contributed by atoms with van der Waals surface area (Å²) >= 11 is 0. The summed E-state index contributed by atoms with van der Waals surface area (Å²) in [6.07, 6.45) is 0. The van der Waals surface area contributed by atoms with Crippen molar-refractivity contribution in [1.82, 2.24) is 10.2 Å². The lowest BCUT2D eigenvalue weighted by atomic mass is 10.1. The molecule has 0 bridgehead atoms. The molecule has 0 aliphatic carbocycles. The van der Waals surface area contributed by atoms with Crippen LogP contribution in [0.2, 0.25) is 0 Å². The van der Waals surface area contributed by atoms with Crippen molar-refractivity contribution in [2.45, 2.75) is 33.4 Å². The number of benzene rings is 2. The molecule has 2 aromatic carbocycles. The van der Waals surface area contributed by atoms with Crippen LogP contribution in [0.1, 0.15) is 57.4 Å². The van der Waals surface area contributed by atoms with Crippen molar-refractivity contribution in [2.75, 3.05) is 6.61 Å². The molecule has 156 valence electrons. The van der Waals surface area contributed by atoms with Crippen LogP contribution in [0, 0.1) is 5.92 Å². The number of hydrogen-bond acceptors (Lipinski definition) is 5. The summed E-state index contributed by atoms with van der Waals surface area (Å²) in [5.41, 5.74) is 1.34. The molecule has 3 rings (SSSR count). The molecule has 1 heterocycles. The van der Waals surface area contributed by atoms with E-state index < -0.39 is 30.3 Å². The first-order valence-corrected chi connectivity index (χ1v) is 9.78. The van der Waals surface area contributed by atoms with Crippen molar-refractivity contribution in [3.8, 4) is 0 Å². The summed E-state index contributed by atoms with van der Waals surface area (Å²) < 4.78 is 5.05. The number of hydrogen-bond donors (Lipinski definition) is 1. The molecular weight excluding hydrogens is 384 g/mol. The van der Waals surface area contributed by atoms with Gasteiger partial charge in [0.25, 0.3) is 17.7 Å². The monoisotopic (exact) mass is 408 g/mol. The van der Waals surface area contributed by atoms with E-state index in [4.69, 9.17) is 4.74 Å². The highest BCUT2D eigenvalue weighted by molar-refractivity contribution is 6.21. The highest BCUT2D eigenvalue weighted by Gasteiger charge is 2.36. The van der Waals surface area contributed by atoms with Gasteiger partial charge in [0, 0.05) is 6.04 Å². The lowest BCUT2D eigenvalue weighted by Crippen LogP contribution is -2.38. The number of rotatable bonds is 7. The second-order valence-corrected chi connectivity index (χ2v) is 7.62. The summed E-state index contributed by atoms with van der Waals surface area (Å²) in [5, 5.41) is 2.75. The molecule has 1 atom stereocenters. The number of esters is 1. The topological polar surface area (TPSA) is 92.8 Å². The molecule has 1 N–H and O–H groups in total. The molecule has 7 nitrogen and oxygen atoms in total. The minimum absolute atomic E-state index is 0.0459. The molecule has 0 saturated heterocycles. The molecule has 0 aromatic heterocycles. The largest absolute Gasteiger partial charge is 0.452 e.